The summed E-state index contributed by atoms with van der Waals surface area (Å²) < 4.78 is 8.16. The molecule has 2 heterocycles. The highest BCUT2D eigenvalue weighted by atomic mass is 32.1. The van der Waals surface area contributed by atoms with Crippen LogP contribution in [0.1, 0.15) is 45.1 Å². The molecule has 0 aromatic carbocycles. The monoisotopic (exact) mass is 292 g/mol. The van der Waals surface area contributed by atoms with Gasteiger partial charge in [-0.1, -0.05) is 19.8 Å². The van der Waals surface area contributed by atoms with Gasteiger partial charge >= 0.3 is 0 Å². The number of ether oxygens (including phenoxy) is 1. The van der Waals surface area contributed by atoms with E-state index in [4.69, 9.17) is 17.0 Å². The number of aromatic nitrogens is 4. The number of hydrogen-bond acceptors (Lipinski definition) is 4. The molecular formula is C14H20N4OS. The maximum absolute atomic E-state index is 5.50. The minimum Gasteiger partial charge on any atom is -0.479 e. The average molecular weight is 292 g/mol. The van der Waals surface area contributed by atoms with Gasteiger partial charge in [0, 0.05) is 6.04 Å². The van der Waals surface area contributed by atoms with Crippen molar-refractivity contribution in [1.29, 1.82) is 0 Å². The Morgan fingerprint density at radius 1 is 1.30 bits per heavy atom. The van der Waals surface area contributed by atoms with Gasteiger partial charge in [-0.15, -0.1) is 0 Å². The van der Waals surface area contributed by atoms with E-state index in [2.05, 4.69) is 26.4 Å². The number of fused-ring (bicyclic) bond motifs is 1. The second kappa shape index (κ2) is 5.52. The van der Waals surface area contributed by atoms with E-state index in [1.54, 1.807) is 13.4 Å². The van der Waals surface area contributed by atoms with Crippen molar-refractivity contribution < 1.29 is 4.74 Å². The van der Waals surface area contributed by atoms with Crippen molar-refractivity contribution in [3.63, 3.8) is 0 Å². The number of nitrogens with one attached hydrogen (secondary N) is 1. The van der Waals surface area contributed by atoms with Crippen molar-refractivity contribution in [1.82, 2.24) is 19.5 Å². The molecule has 0 amide bonds. The lowest BCUT2D eigenvalue weighted by Gasteiger charge is -2.16. The maximum Gasteiger partial charge on any atom is 0.242 e. The van der Waals surface area contributed by atoms with E-state index in [1.165, 1.54) is 19.3 Å². The van der Waals surface area contributed by atoms with Gasteiger partial charge < -0.3 is 9.72 Å². The summed E-state index contributed by atoms with van der Waals surface area (Å²) in [5, 5.41) is 0. The molecule has 1 N–H and O–H groups in total. The summed E-state index contributed by atoms with van der Waals surface area (Å²) >= 11 is 5.50. The van der Waals surface area contributed by atoms with Crippen LogP contribution in [0.25, 0.3) is 11.2 Å². The van der Waals surface area contributed by atoms with Crippen LogP contribution in [0.5, 0.6) is 5.88 Å². The molecule has 2 aromatic heterocycles. The predicted molar refractivity (Wildman–Crippen MR) is 80.6 cm³/mol. The summed E-state index contributed by atoms with van der Waals surface area (Å²) in [6.07, 6.45) is 7.68. The lowest BCUT2D eigenvalue weighted by molar-refractivity contribution is 0.401. The van der Waals surface area contributed by atoms with Gasteiger partial charge in [0.25, 0.3) is 0 Å². The molecular weight excluding hydrogens is 272 g/mol. The number of hydrogen-bond donors (Lipinski definition) is 1. The van der Waals surface area contributed by atoms with Crippen LogP contribution in [-0.2, 0) is 0 Å². The first-order valence-electron chi connectivity index (χ1n) is 7.20. The number of nitrogens with zero attached hydrogens (tertiary/aromatic N) is 3. The SMILES string of the molecule is COc1ncnc2c1[nH]c(=S)n2C1CCCC(C)CC1. The van der Waals surface area contributed by atoms with Crippen molar-refractivity contribution in [2.24, 2.45) is 5.92 Å². The second-order valence-electron chi connectivity index (χ2n) is 5.65. The molecule has 0 saturated heterocycles. The zero-order chi connectivity index (χ0) is 14.1. The molecule has 6 heteroatoms. The highest BCUT2D eigenvalue weighted by Gasteiger charge is 2.22. The first-order valence-corrected chi connectivity index (χ1v) is 7.60. The highest BCUT2D eigenvalue weighted by molar-refractivity contribution is 7.71. The smallest absolute Gasteiger partial charge is 0.242 e. The molecule has 2 unspecified atom stereocenters. The minimum atomic E-state index is 0.431. The topological polar surface area (TPSA) is 55.7 Å². The molecule has 1 aliphatic carbocycles. The molecule has 1 saturated carbocycles. The van der Waals surface area contributed by atoms with E-state index >= 15 is 0 Å². The van der Waals surface area contributed by atoms with Gasteiger partial charge in [-0.3, -0.25) is 4.57 Å². The summed E-state index contributed by atoms with van der Waals surface area (Å²) in [5.41, 5.74) is 1.67. The first kappa shape index (κ1) is 13.5. The summed E-state index contributed by atoms with van der Waals surface area (Å²) in [7, 11) is 1.61. The van der Waals surface area contributed by atoms with Crippen molar-refractivity contribution in [3.05, 3.63) is 11.1 Å². The maximum atomic E-state index is 5.50. The molecule has 0 spiro atoms. The lowest BCUT2D eigenvalue weighted by Crippen LogP contribution is -2.09. The van der Waals surface area contributed by atoms with Crippen LogP contribution in [0.3, 0.4) is 0 Å². The fourth-order valence-electron chi connectivity index (χ4n) is 3.14. The van der Waals surface area contributed by atoms with Gasteiger partial charge in [0.2, 0.25) is 5.88 Å². The summed E-state index contributed by atoms with van der Waals surface area (Å²) in [6, 6.07) is 0.431. The molecule has 0 aliphatic heterocycles. The largest absolute Gasteiger partial charge is 0.479 e. The molecule has 20 heavy (non-hydrogen) atoms. The molecule has 2 aromatic rings. The van der Waals surface area contributed by atoms with Crippen LogP contribution in [0.4, 0.5) is 0 Å². The van der Waals surface area contributed by atoms with Gasteiger partial charge in [-0.2, -0.15) is 4.98 Å². The van der Waals surface area contributed by atoms with Crippen LogP contribution < -0.4 is 4.74 Å². The van der Waals surface area contributed by atoms with Crippen LogP contribution in [0.15, 0.2) is 6.33 Å². The lowest BCUT2D eigenvalue weighted by atomic mass is 10.0. The van der Waals surface area contributed by atoms with Gasteiger partial charge in [0.15, 0.2) is 10.4 Å². The van der Waals surface area contributed by atoms with Gasteiger partial charge in [0.1, 0.15) is 11.8 Å². The number of H-pyrrole nitrogens is 1. The van der Waals surface area contributed by atoms with Crippen molar-refractivity contribution in [2.45, 2.75) is 45.1 Å². The van der Waals surface area contributed by atoms with Crippen molar-refractivity contribution in [3.8, 4) is 5.88 Å². The second-order valence-corrected chi connectivity index (χ2v) is 6.04. The third-order valence-corrected chi connectivity index (χ3v) is 4.56. The zero-order valence-electron chi connectivity index (χ0n) is 11.9. The Kier molecular flexibility index (Phi) is 3.74. The Labute approximate surface area is 123 Å². The molecule has 3 rings (SSSR count). The molecule has 0 bridgehead atoms. The van der Waals surface area contributed by atoms with E-state index < -0.39 is 0 Å². The average Bonchev–Trinajstić information content (AvgIpc) is 2.63. The third-order valence-electron chi connectivity index (χ3n) is 4.26. The highest BCUT2D eigenvalue weighted by Crippen LogP contribution is 2.33. The number of imidazole rings is 1. The quantitative estimate of drug-likeness (QED) is 0.678. The fraction of sp³-hybridized carbons (Fsp3) is 0.643. The van der Waals surface area contributed by atoms with Crippen molar-refractivity contribution >= 4 is 23.4 Å². The fourth-order valence-corrected chi connectivity index (χ4v) is 3.47. The number of methoxy groups -OCH3 is 1. The standard InChI is InChI=1S/C14H20N4OS/c1-9-4-3-5-10(7-6-9)18-12-11(17-14(18)20)13(19-2)16-8-15-12/h8-10H,3-7H2,1-2H3,(H,17,20). The Hall–Kier alpha value is -1.43. The minimum absolute atomic E-state index is 0.431. The Bertz CT molecular complexity index is 663. The molecule has 1 fully saturated rings. The Morgan fingerprint density at radius 2 is 2.15 bits per heavy atom. The van der Waals surface area contributed by atoms with Gasteiger partial charge in [-0.25, -0.2) is 4.98 Å². The molecule has 108 valence electrons. The zero-order valence-corrected chi connectivity index (χ0v) is 12.7. The predicted octanol–water partition coefficient (Wildman–Crippen LogP) is 3.64. The van der Waals surface area contributed by atoms with E-state index in [9.17, 15) is 0 Å². The van der Waals surface area contributed by atoms with Gasteiger partial charge in [-0.05, 0) is 37.4 Å². The molecule has 5 nitrogen and oxygen atoms in total. The van der Waals surface area contributed by atoms with Crippen molar-refractivity contribution in [2.75, 3.05) is 7.11 Å². The Morgan fingerprint density at radius 3 is 2.95 bits per heavy atom. The Balaban J connectivity index is 2.07. The normalized spacial score (nSPS) is 23.7. The first-order chi connectivity index (χ1) is 9.70. The summed E-state index contributed by atoms with van der Waals surface area (Å²) in [6.45, 7) is 2.34. The summed E-state index contributed by atoms with van der Waals surface area (Å²) in [4.78, 5) is 11.7. The van der Waals surface area contributed by atoms with Crippen LogP contribution in [0, 0.1) is 10.7 Å². The third kappa shape index (κ3) is 2.32. The van der Waals surface area contributed by atoms with E-state index in [0.717, 1.165) is 34.7 Å². The summed E-state index contributed by atoms with van der Waals surface area (Å²) in [5.74, 6) is 1.37. The van der Waals surface area contributed by atoms with E-state index in [0.29, 0.717) is 11.9 Å². The molecule has 0 radical (unpaired) electrons. The van der Waals surface area contributed by atoms with Crippen LogP contribution in [0.2, 0.25) is 0 Å². The molecule has 1 aliphatic rings. The van der Waals surface area contributed by atoms with E-state index in [-0.39, 0.29) is 0 Å². The van der Waals surface area contributed by atoms with Crippen LogP contribution in [-0.4, -0.2) is 26.6 Å². The number of rotatable bonds is 2. The van der Waals surface area contributed by atoms with Gasteiger partial charge in [0.05, 0.1) is 7.11 Å². The molecule has 2 atom stereocenters. The van der Waals surface area contributed by atoms with E-state index in [1.807, 2.05) is 0 Å². The number of aromatic amines is 1. The van der Waals surface area contributed by atoms with Crippen LogP contribution >= 0.6 is 12.2 Å².